The lowest BCUT2D eigenvalue weighted by molar-refractivity contribution is 0.0963. The van der Waals surface area contributed by atoms with Crippen LogP contribution < -0.4 is 20.7 Å². The Morgan fingerprint density at radius 3 is 2.61 bits per heavy atom. The summed E-state index contributed by atoms with van der Waals surface area (Å²) in [6.45, 7) is 4.67. The number of rotatable bonds is 9. The van der Waals surface area contributed by atoms with Crippen molar-refractivity contribution in [3.63, 3.8) is 0 Å². The molecule has 0 aromatic heterocycles. The zero-order valence-corrected chi connectivity index (χ0v) is 18.2. The minimum Gasteiger partial charge on any atom is -0.494 e. The number of hydrogen-bond acceptors (Lipinski definition) is 3. The average molecular weight is 419 g/mol. The lowest BCUT2D eigenvalue weighted by atomic mass is 10.1. The first-order chi connectivity index (χ1) is 15.2. The highest BCUT2D eigenvalue weighted by atomic mass is 16.5. The Hall–Kier alpha value is -3.54. The summed E-state index contributed by atoms with van der Waals surface area (Å²) in [6.07, 6.45) is 0.851. The summed E-state index contributed by atoms with van der Waals surface area (Å²) in [5.41, 5.74) is 1.62. The molecule has 0 radical (unpaired) electrons. The van der Waals surface area contributed by atoms with Gasteiger partial charge in [0.1, 0.15) is 5.75 Å². The number of amides is 1. The zero-order chi connectivity index (χ0) is 21.9. The minimum atomic E-state index is -0.0951. The quantitative estimate of drug-likeness (QED) is 0.281. The van der Waals surface area contributed by atoms with Crippen molar-refractivity contribution in [2.45, 2.75) is 19.9 Å². The number of carbonyl (C=O) groups is 1. The molecule has 0 fully saturated rings. The molecule has 0 aliphatic carbocycles. The van der Waals surface area contributed by atoms with Crippen LogP contribution >= 0.6 is 0 Å². The van der Waals surface area contributed by atoms with Gasteiger partial charge in [0.05, 0.1) is 13.2 Å². The Bertz CT molecular complexity index is 1030. The van der Waals surface area contributed by atoms with Gasteiger partial charge in [0, 0.05) is 25.7 Å². The number of hydrogen-bond donors (Lipinski definition) is 3. The van der Waals surface area contributed by atoms with E-state index in [1.807, 2.05) is 43.3 Å². The van der Waals surface area contributed by atoms with Gasteiger partial charge in [0.2, 0.25) is 0 Å². The summed E-state index contributed by atoms with van der Waals surface area (Å²) in [6, 6.07) is 21.9. The van der Waals surface area contributed by atoms with E-state index in [1.54, 1.807) is 13.1 Å². The van der Waals surface area contributed by atoms with Crippen molar-refractivity contribution in [2.75, 3.05) is 26.7 Å². The molecule has 31 heavy (non-hydrogen) atoms. The van der Waals surface area contributed by atoms with E-state index in [4.69, 9.17) is 4.74 Å². The molecule has 3 rings (SSSR count). The van der Waals surface area contributed by atoms with Crippen LogP contribution in [-0.2, 0) is 6.54 Å². The fraction of sp³-hybridized carbons (Fsp3) is 0.280. The van der Waals surface area contributed by atoms with E-state index in [0.29, 0.717) is 18.7 Å². The SMILES string of the molecule is CCNC(=NCc1cccc(C(=O)NC)c1)NCCCOc1ccc2ccccc2c1. The van der Waals surface area contributed by atoms with Gasteiger partial charge in [0.25, 0.3) is 5.91 Å². The molecule has 0 spiro atoms. The summed E-state index contributed by atoms with van der Waals surface area (Å²) in [5.74, 6) is 1.54. The molecule has 6 nitrogen and oxygen atoms in total. The van der Waals surface area contributed by atoms with Gasteiger partial charge in [-0.05, 0) is 53.9 Å². The van der Waals surface area contributed by atoms with Crippen LogP contribution in [0.4, 0.5) is 0 Å². The van der Waals surface area contributed by atoms with Crippen LogP contribution in [0.1, 0.15) is 29.3 Å². The predicted molar refractivity (Wildman–Crippen MR) is 127 cm³/mol. The fourth-order valence-corrected chi connectivity index (χ4v) is 3.19. The normalized spacial score (nSPS) is 11.2. The molecule has 0 saturated carbocycles. The Morgan fingerprint density at radius 2 is 1.81 bits per heavy atom. The third-order valence-corrected chi connectivity index (χ3v) is 4.78. The van der Waals surface area contributed by atoms with Crippen LogP contribution in [0.15, 0.2) is 71.7 Å². The molecular weight excluding hydrogens is 388 g/mol. The maximum Gasteiger partial charge on any atom is 0.251 e. The molecule has 0 aliphatic heterocycles. The zero-order valence-electron chi connectivity index (χ0n) is 18.2. The van der Waals surface area contributed by atoms with Gasteiger partial charge in [-0.15, -0.1) is 0 Å². The second kappa shape index (κ2) is 11.6. The van der Waals surface area contributed by atoms with E-state index in [0.717, 1.165) is 36.8 Å². The van der Waals surface area contributed by atoms with Gasteiger partial charge in [-0.3, -0.25) is 4.79 Å². The van der Waals surface area contributed by atoms with Crippen molar-refractivity contribution in [1.29, 1.82) is 0 Å². The number of guanidine groups is 1. The molecule has 6 heteroatoms. The first-order valence-corrected chi connectivity index (χ1v) is 10.6. The van der Waals surface area contributed by atoms with Crippen LogP contribution in [0.3, 0.4) is 0 Å². The van der Waals surface area contributed by atoms with Crippen molar-refractivity contribution in [1.82, 2.24) is 16.0 Å². The van der Waals surface area contributed by atoms with Gasteiger partial charge in [-0.25, -0.2) is 4.99 Å². The average Bonchev–Trinajstić information content (AvgIpc) is 2.81. The molecule has 0 heterocycles. The molecule has 3 aromatic rings. The van der Waals surface area contributed by atoms with Gasteiger partial charge in [-0.1, -0.05) is 42.5 Å². The van der Waals surface area contributed by atoms with Crippen LogP contribution in [0.25, 0.3) is 10.8 Å². The van der Waals surface area contributed by atoms with Crippen molar-refractivity contribution >= 4 is 22.6 Å². The molecule has 0 saturated heterocycles. The van der Waals surface area contributed by atoms with E-state index >= 15 is 0 Å². The lowest BCUT2D eigenvalue weighted by Gasteiger charge is -2.12. The predicted octanol–water partition coefficient (Wildman–Crippen LogP) is 3.72. The smallest absolute Gasteiger partial charge is 0.251 e. The fourth-order valence-electron chi connectivity index (χ4n) is 3.19. The summed E-state index contributed by atoms with van der Waals surface area (Å²) >= 11 is 0. The number of fused-ring (bicyclic) bond motifs is 1. The summed E-state index contributed by atoms with van der Waals surface area (Å²) in [4.78, 5) is 16.4. The number of aliphatic imine (C=N–C) groups is 1. The van der Waals surface area contributed by atoms with Gasteiger partial charge in [0.15, 0.2) is 5.96 Å². The number of nitrogens with zero attached hydrogens (tertiary/aromatic N) is 1. The van der Waals surface area contributed by atoms with Crippen LogP contribution in [0.2, 0.25) is 0 Å². The molecule has 0 unspecified atom stereocenters. The molecule has 3 aromatic carbocycles. The van der Waals surface area contributed by atoms with Gasteiger partial charge in [-0.2, -0.15) is 0 Å². The van der Waals surface area contributed by atoms with E-state index in [2.05, 4.69) is 45.2 Å². The summed E-state index contributed by atoms with van der Waals surface area (Å²) in [5, 5.41) is 11.6. The van der Waals surface area contributed by atoms with Crippen LogP contribution in [-0.4, -0.2) is 38.6 Å². The summed E-state index contributed by atoms with van der Waals surface area (Å²) in [7, 11) is 1.63. The van der Waals surface area contributed by atoms with Crippen molar-refractivity contribution in [3.8, 4) is 5.75 Å². The third-order valence-electron chi connectivity index (χ3n) is 4.78. The molecule has 162 valence electrons. The van der Waals surface area contributed by atoms with E-state index in [1.165, 1.54) is 10.8 Å². The highest BCUT2D eigenvalue weighted by Crippen LogP contribution is 2.20. The Kier molecular flexibility index (Phi) is 8.29. The first-order valence-electron chi connectivity index (χ1n) is 10.6. The van der Waals surface area contributed by atoms with Gasteiger partial charge >= 0.3 is 0 Å². The number of benzene rings is 3. The second-order valence-corrected chi connectivity index (χ2v) is 7.11. The van der Waals surface area contributed by atoms with Crippen LogP contribution in [0, 0.1) is 0 Å². The number of carbonyl (C=O) groups excluding carboxylic acids is 1. The Balaban J connectivity index is 1.47. The largest absolute Gasteiger partial charge is 0.494 e. The standard InChI is InChI=1S/C25H30N4O2/c1-3-27-25(29-18-19-8-6-11-22(16-19)24(30)26-2)28-14-7-15-31-23-13-12-20-9-4-5-10-21(20)17-23/h4-6,8-13,16-17H,3,7,14-15,18H2,1-2H3,(H,26,30)(H2,27,28,29). The first kappa shape index (κ1) is 22.2. The van der Waals surface area contributed by atoms with Crippen LogP contribution in [0.5, 0.6) is 5.75 Å². The second-order valence-electron chi connectivity index (χ2n) is 7.11. The van der Waals surface area contributed by atoms with Crippen molar-refractivity contribution < 1.29 is 9.53 Å². The van der Waals surface area contributed by atoms with Crippen molar-refractivity contribution in [2.24, 2.45) is 4.99 Å². The topological polar surface area (TPSA) is 74.8 Å². The Morgan fingerprint density at radius 1 is 0.968 bits per heavy atom. The number of ether oxygens (including phenoxy) is 1. The molecular formula is C25H30N4O2. The molecule has 0 atom stereocenters. The highest BCUT2D eigenvalue weighted by Gasteiger charge is 2.04. The molecule has 3 N–H and O–H groups in total. The Labute approximate surface area is 183 Å². The third kappa shape index (κ3) is 6.74. The summed E-state index contributed by atoms with van der Waals surface area (Å²) < 4.78 is 5.89. The van der Waals surface area contributed by atoms with Crippen molar-refractivity contribution in [3.05, 3.63) is 77.9 Å². The maximum absolute atomic E-state index is 11.8. The highest BCUT2D eigenvalue weighted by molar-refractivity contribution is 5.94. The van der Waals surface area contributed by atoms with E-state index < -0.39 is 0 Å². The lowest BCUT2D eigenvalue weighted by Crippen LogP contribution is -2.38. The van der Waals surface area contributed by atoms with E-state index in [-0.39, 0.29) is 5.91 Å². The monoisotopic (exact) mass is 418 g/mol. The molecule has 1 amide bonds. The minimum absolute atomic E-state index is 0.0951. The molecule has 0 bridgehead atoms. The number of nitrogens with one attached hydrogen (secondary N) is 3. The molecule has 0 aliphatic rings. The maximum atomic E-state index is 11.8. The van der Waals surface area contributed by atoms with E-state index in [9.17, 15) is 4.79 Å². The van der Waals surface area contributed by atoms with Gasteiger partial charge < -0.3 is 20.7 Å².